The highest BCUT2D eigenvalue weighted by Crippen LogP contribution is 2.22. The summed E-state index contributed by atoms with van der Waals surface area (Å²) in [7, 11) is 0. The van der Waals surface area contributed by atoms with Gasteiger partial charge in [-0.3, -0.25) is 14.4 Å². The maximum Gasteiger partial charge on any atom is 0.254 e. The molecule has 3 heterocycles. The summed E-state index contributed by atoms with van der Waals surface area (Å²) >= 11 is 0. The van der Waals surface area contributed by atoms with Crippen LogP contribution in [0.4, 0.5) is 0 Å². The summed E-state index contributed by atoms with van der Waals surface area (Å²) in [6.45, 7) is 5.03. The first-order valence-corrected chi connectivity index (χ1v) is 9.39. The van der Waals surface area contributed by atoms with Crippen molar-refractivity contribution in [3.63, 3.8) is 0 Å². The molecule has 0 N–H and O–H groups in total. The Morgan fingerprint density at radius 2 is 1.88 bits per heavy atom. The van der Waals surface area contributed by atoms with Crippen LogP contribution in [0.2, 0.25) is 0 Å². The van der Waals surface area contributed by atoms with Crippen LogP contribution in [0, 0.1) is 0 Å². The molecule has 2 aromatic rings. The highest BCUT2D eigenvalue weighted by atomic mass is 16.2. The maximum absolute atomic E-state index is 12.9. The number of rotatable bonds is 5. The molecule has 5 heteroatoms. The Hall–Kier alpha value is -2.14. The van der Waals surface area contributed by atoms with Crippen molar-refractivity contribution >= 4 is 5.91 Å². The summed E-state index contributed by atoms with van der Waals surface area (Å²) in [5, 5.41) is 4.28. The van der Waals surface area contributed by atoms with E-state index in [-0.39, 0.29) is 11.9 Å². The van der Waals surface area contributed by atoms with Gasteiger partial charge in [-0.1, -0.05) is 12.1 Å². The molecule has 0 bridgehead atoms. The van der Waals surface area contributed by atoms with E-state index in [9.17, 15) is 4.79 Å². The summed E-state index contributed by atoms with van der Waals surface area (Å²) in [6, 6.07) is 10.4. The lowest BCUT2D eigenvalue weighted by Crippen LogP contribution is -2.38. The largest absolute Gasteiger partial charge is 0.334 e. The van der Waals surface area contributed by atoms with Gasteiger partial charge < -0.3 is 4.90 Å². The van der Waals surface area contributed by atoms with E-state index < -0.39 is 0 Å². The second-order valence-electron chi connectivity index (χ2n) is 7.20. The van der Waals surface area contributed by atoms with Crippen LogP contribution in [0.5, 0.6) is 0 Å². The highest BCUT2D eigenvalue weighted by Gasteiger charge is 2.29. The van der Waals surface area contributed by atoms with Gasteiger partial charge in [-0.05, 0) is 62.5 Å². The molecule has 1 aromatic heterocycles. The Morgan fingerprint density at radius 3 is 2.60 bits per heavy atom. The zero-order chi connectivity index (χ0) is 17.1. The Labute approximate surface area is 149 Å². The summed E-state index contributed by atoms with van der Waals surface area (Å²) in [5.41, 5.74) is 2.10. The molecule has 2 saturated heterocycles. The molecule has 25 heavy (non-hydrogen) atoms. The molecule has 2 fully saturated rings. The fourth-order valence-electron chi connectivity index (χ4n) is 4.03. The molecule has 5 nitrogen and oxygen atoms in total. The van der Waals surface area contributed by atoms with Gasteiger partial charge in [0.05, 0.1) is 12.6 Å². The van der Waals surface area contributed by atoms with E-state index >= 15 is 0 Å². The number of amides is 1. The minimum atomic E-state index is 0.155. The first-order valence-electron chi connectivity index (χ1n) is 9.39. The van der Waals surface area contributed by atoms with E-state index in [1.165, 1.54) is 31.5 Å². The first-order chi connectivity index (χ1) is 12.3. The van der Waals surface area contributed by atoms with Crippen LogP contribution < -0.4 is 0 Å². The topological polar surface area (TPSA) is 41.4 Å². The predicted molar refractivity (Wildman–Crippen MR) is 97.2 cm³/mol. The molecule has 0 radical (unpaired) electrons. The molecule has 4 rings (SSSR count). The van der Waals surface area contributed by atoms with Crippen LogP contribution in [0.25, 0.3) is 0 Å². The van der Waals surface area contributed by atoms with Crippen molar-refractivity contribution < 1.29 is 4.79 Å². The van der Waals surface area contributed by atoms with Crippen LogP contribution in [0.1, 0.15) is 41.6 Å². The second-order valence-corrected chi connectivity index (χ2v) is 7.20. The van der Waals surface area contributed by atoms with Crippen molar-refractivity contribution in [2.45, 2.75) is 44.8 Å². The Bertz CT molecular complexity index is 689. The standard InChI is InChI=1S/C20H26N4O/c25-20(24-14-3-5-19(24)16-23-13-4-10-21-23)18-8-6-17(7-9-18)15-22-11-1-2-12-22/h4,6-10,13,19H,1-3,5,11-12,14-16H2. The summed E-state index contributed by atoms with van der Waals surface area (Å²) in [4.78, 5) is 17.4. The fraction of sp³-hybridized carbons (Fsp3) is 0.500. The minimum absolute atomic E-state index is 0.155. The Morgan fingerprint density at radius 1 is 1.08 bits per heavy atom. The van der Waals surface area contributed by atoms with Gasteiger partial charge in [-0.25, -0.2) is 0 Å². The summed E-state index contributed by atoms with van der Waals surface area (Å²) in [6.07, 6.45) is 8.50. The van der Waals surface area contributed by atoms with E-state index in [1.54, 1.807) is 6.20 Å². The Balaban J connectivity index is 1.40. The van der Waals surface area contributed by atoms with Crippen LogP contribution >= 0.6 is 0 Å². The van der Waals surface area contributed by atoms with Crippen molar-refractivity contribution in [3.05, 3.63) is 53.9 Å². The van der Waals surface area contributed by atoms with Crippen molar-refractivity contribution in [1.82, 2.24) is 19.6 Å². The van der Waals surface area contributed by atoms with Crippen LogP contribution in [-0.2, 0) is 13.1 Å². The maximum atomic E-state index is 12.9. The number of aromatic nitrogens is 2. The van der Waals surface area contributed by atoms with Crippen molar-refractivity contribution in [2.75, 3.05) is 19.6 Å². The monoisotopic (exact) mass is 338 g/mol. The molecule has 132 valence electrons. The lowest BCUT2D eigenvalue weighted by molar-refractivity contribution is 0.0721. The normalized spacial score (nSPS) is 21.1. The number of carbonyl (C=O) groups is 1. The smallest absolute Gasteiger partial charge is 0.254 e. The van der Waals surface area contributed by atoms with Gasteiger partial charge in [-0.15, -0.1) is 0 Å². The molecule has 0 aliphatic carbocycles. The molecule has 0 spiro atoms. The SMILES string of the molecule is O=C(c1ccc(CN2CCCC2)cc1)N1CCCC1Cn1cccn1. The quantitative estimate of drug-likeness (QED) is 0.842. The highest BCUT2D eigenvalue weighted by molar-refractivity contribution is 5.94. The average molecular weight is 338 g/mol. The average Bonchev–Trinajstić information content (AvgIpc) is 3.38. The molecule has 1 unspecified atom stereocenters. The van der Waals surface area contributed by atoms with Crippen molar-refractivity contribution in [2.24, 2.45) is 0 Å². The fourth-order valence-corrected chi connectivity index (χ4v) is 4.03. The molecule has 2 aliphatic heterocycles. The third-order valence-electron chi connectivity index (χ3n) is 5.40. The van der Waals surface area contributed by atoms with Crippen LogP contribution in [0.3, 0.4) is 0 Å². The molecule has 0 saturated carbocycles. The predicted octanol–water partition coefficient (Wildman–Crippen LogP) is 2.78. The molecule has 1 aromatic carbocycles. The summed E-state index contributed by atoms with van der Waals surface area (Å²) in [5.74, 6) is 0.155. The van der Waals surface area contributed by atoms with Gasteiger partial charge in [0.1, 0.15) is 0 Å². The second kappa shape index (κ2) is 7.40. The lowest BCUT2D eigenvalue weighted by atomic mass is 10.1. The van der Waals surface area contributed by atoms with Gasteiger partial charge in [0, 0.05) is 31.0 Å². The third kappa shape index (κ3) is 3.76. The van der Waals surface area contributed by atoms with Crippen LogP contribution in [-0.4, -0.2) is 51.2 Å². The molecule has 1 amide bonds. The molecular formula is C20H26N4O. The number of hydrogen-bond donors (Lipinski definition) is 0. The number of hydrogen-bond acceptors (Lipinski definition) is 3. The van der Waals surface area contributed by atoms with Gasteiger partial charge in [-0.2, -0.15) is 5.10 Å². The van der Waals surface area contributed by atoms with Gasteiger partial charge >= 0.3 is 0 Å². The van der Waals surface area contributed by atoms with E-state index in [0.29, 0.717) is 0 Å². The molecule has 1 atom stereocenters. The zero-order valence-electron chi connectivity index (χ0n) is 14.7. The molecule has 2 aliphatic rings. The van der Waals surface area contributed by atoms with Gasteiger partial charge in [0.25, 0.3) is 5.91 Å². The number of carbonyl (C=O) groups excluding carboxylic acids is 1. The first kappa shape index (κ1) is 16.3. The Kier molecular flexibility index (Phi) is 4.83. The zero-order valence-corrected chi connectivity index (χ0v) is 14.7. The van der Waals surface area contributed by atoms with Crippen LogP contribution in [0.15, 0.2) is 42.7 Å². The van der Waals surface area contributed by atoms with E-state index in [2.05, 4.69) is 22.1 Å². The van der Waals surface area contributed by atoms with Crippen molar-refractivity contribution in [3.8, 4) is 0 Å². The van der Waals surface area contributed by atoms with E-state index in [0.717, 1.165) is 38.0 Å². The molecular weight excluding hydrogens is 312 g/mol. The van der Waals surface area contributed by atoms with Gasteiger partial charge in [0.2, 0.25) is 0 Å². The third-order valence-corrected chi connectivity index (χ3v) is 5.40. The minimum Gasteiger partial charge on any atom is -0.334 e. The van der Waals surface area contributed by atoms with E-state index in [4.69, 9.17) is 0 Å². The summed E-state index contributed by atoms with van der Waals surface area (Å²) < 4.78 is 1.93. The van der Waals surface area contributed by atoms with Crippen molar-refractivity contribution in [1.29, 1.82) is 0 Å². The van der Waals surface area contributed by atoms with E-state index in [1.807, 2.05) is 34.0 Å². The number of likely N-dealkylation sites (tertiary alicyclic amines) is 2. The number of benzene rings is 1. The number of nitrogens with zero attached hydrogens (tertiary/aromatic N) is 4. The van der Waals surface area contributed by atoms with Gasteiger partial charge in [0.15, 0.2) is 0 Å². The lowest BCUT2D eigenvalue weighted by Gasteiger charge is -2.25.